The molecule has 0 aliphatic rings. The number of para-hydroxylation sites is 1. The Kier molecular flexibility index (Phi) is 4.19. The Morgan fingerprint density at radius 2 is 1.68 bits per heavy atom. The van der Waals surface area contributed by atoms with Crippen molar-refractivity contribution in [3.8, 4) is 11.4 Å². The summed E-state index contributed by atoms with van der Waals surface area (Å²) in [6.07, 6.45) is 3.70. The summed E-state index contributed by atoms with van der Waals surface area (Å²) in [6.45, 7) is 0. The Morgan fingerprint density at radius 1 is 0.920 bits per heavy atom. The number of pyridine rings is 1. The van der Waals surface area contributed by atoms with Crippen molar-refractivity contribution in [3.63, 3.8) is 0 Å². The highest BCUT2D eigenvalue weighted by Crippen LogP contribution is 2.28. The van der Waals surface area contributed by atoms with Gasteiger partial charge in [0, 0.05) is 11.8 Å². The van der Waals surface area contributed by atoms with E-state index >= 15 is 0 Å². The molecule has 122 valence electrons. The molecule has 2 aromatic heterocycles. The molecule has 0 amide bonds. The first kappa shape index (κ1) is 15.4. The van der Waals surface area contributed by atoms with Crippen LogP contribution in [0, 0.1) is 0 Å². The summed E-state index contributed by atoms with van der Waals surface area (Å²) in [5.41, 5.74) is 6.57. The van der Waals surface area contributed by atoms with Gasteiger partial charge in [-0.15, -0.1) is 0 Å². The molecule has 0 fully saturated rings. The Hall–Kier alpha value is -3.11. The average molecular weight is 347 g/mol. The van der Waals surface area contributed by atoms with E-state index in [1.54, 1.807) is 6.21 Å². The number of anilines is 1. The van der Waals surface area contributed by atoms with Crippen LogP contribution in [-0.2, 0) is 0 Å². The molecule has 0 spiro atoms. The highest BCUT2D eigenvalue weighted by molar-refractivity contribution is 6.33. The zero-order chi connectivity index (χ0) is 17.1. The van der Waals surface area contributed by atoms with Gasteiger partial charge in [0.1, 0.15) is 11.5 Å². The topological polar surface area (TPSA) is 41.7 Å². The Labute approximate surface area is 150 Å². The first-order chi connectivity index (χ1) is 12.3. The number of halogens is 1. The molecule has 0 unspecified atom stereocenters. The van der Waals surface area contributed by atoms with Gasteiger partial charge in [0.2, 0.25) is 0 Å². The van der Waals surface area contributed by atoms with Gasteiger partial charge in [-0.2, -0.15) is 5.10 Å². The minimum absolute atomic E-state index is 0.671. The summed E-state index contributed by atoms with van der Waals surface area (Å²) in [5.74, 6) is 0.794. The minimum atomic E-state index is 0.671. The number of nitrogens with zero attached hydrogens (tertiary/aromatic N) is 3. The van der Waals surface area contributed by atoms with Crippen LogP contribution in [0.4, 0.5) is 5.69 Å². The first-order valence-corrected chi connectivity index (χ1v) is 8.27. The maximum atomic E-state index is 6.35. The van der Waals surface area contributed by atoms with Gasteiger partial charge in [-0.25, -0.2) is 4.98 Å². The summed E-state index contributed by atoms with van der Waals surface area (Å²) in [5, 5.41) is 4.98. The van der Waals surface area contributed by atoms with E-state index in [0.29, 0.717) is 5.02 Å². The molecule has 25 heavy (non-hydrogen) atoms. The lowest BCUT2D eigenvalue weighted by molar-refractivity contribution is 1.16. The largest absolute Gasteiger partial charge is 0.299 e. The standard InChI is InChI=1S/C20H15ClN4/c21-17-11-5-4-10-16(17)20-23-18(19-12-6-7-13-25(19)20)14-22-24-15-8-2-1-3-9-15/h1-14,24H/b22-14+. The smallest absolute Gasteiger partial charge is 0.146 e. The third-order valence-corrected chi connectivity index (χ3v) is 4.18. The molecule has 4 aromatic rings. The molecule has 4 rings (SSSR count). The van der Waals surface area contributed by atoms with Crippen LogP contribution in [0.3, 0.4) is 0 Å². The molecule has 2 aromatic carbocycles. The van der Waals surface area contributed by atoms with Gasteiger partial charge in [-0.05, 0) is 36.4 Å². The van der Waals surface area contributed by atoms with E-state index in [-0.39, 0.29) is 0 Å². The fourth-order valence-electron chi connectivity index (χ4n) is 2.67. The third-order valence-electron chi connectivity index (χ3n) is 3.85. The zero-order valence-corrected chi connectivity index (χ0v) is 14.1. The molecule has 0 radical (unpaired) electrons. The van der Waals surface area contributed by atoms with Gasteiger partial charge in [-0.1, -0.05) is 48.0 Å². The monoisotopic (exact) mass is 346 g/mol. The van der Waals surface area contributed by atoms with Crippen molar-refractivity contribution < 1.29 is 0 Å². The third kappa shape index (κ3) is 3.12. The minimum Gasteiger partial charge on any atom is -0.299 e. The summed E-state index contributed by atoms with van der Waals surface area (Å²) in [6, 6.07) is 23.5. The van der Waals surface area contributed by atoms with Gasteiger partial charge < -0.3 is 0 Å². The number of hydrogen-bond donors (Lipinski definition) is 1. The summed E-state index contributed by atoms with van der Waals surface area (Å²) >= 11 is 6.35. The van der Waals surface area contributed by atoms with Crippen molar-refractivity contribution in [1.82, 2.24) is 9.38 Å². The second-order valence-corrected chi connectivity index (χ2v) is 5.90. The van der Waals surface area contributed by atoms with E-state index in [9.17, 15) is 0 Å². The molecular formula is C20H15ClN4. The average Bonchev–Trinajstić information content (AvgIpc) is 3.02. The first-order valence-electron chi connectivity index (χ1n) is 7.89. The van der Waals surface area contributed by atoms with Gasteiger partial charge in [0.25, 0.3) is 0 Å². The molecule has 0 aliphatic carbocycles. The number of hydrogen-bond acceptors (Lipinski definition) is 3. The lowest BCUT2D eigenvalue weighted by atomic mass is 10.2. The fourth-order valence-corrected chi connectivity index (χ4v) is 2.89. The van der Waals surface area contributed by atoms with E-state index < -0.39 is 0 Å². The van der Waals surface area contributed by atoms with Crippen LogP contribution in [0.2, 0.25) is 5.02 Å². The lowest BCUT2D eigenvalue weighted by Crippen LogP contribution is -1.91. The predicted molar refractivity (Wildman–Crippen MR) is 103 cm³/mol. The second kappa shape index (κ2) is 6.79. The van der Waals surface area contributed by atoms with Crippen molar-refractivity contribution >= 4 is 29.0 Å². The van der Waals surface area contributed by atoms with Crippen molar-refractivity contribution in [2.45, 2.75) is 0 Å². The second-order valence-electron chi connectivity index (χ2n) is 5.49. The summed E-state index contributed by atoms with van der Waals surface area (Å²) in [7, 11) is 0. The molecule has 4 nitrogen and oxygen atoms in total. The summed E-state index contributed by atoms with van der Waals surface area (Å²) in [4.78, 5) is 4.74. The fraction of sp³-hybridized carbons (Fsp3) is 0. The lowest BCUT2D eigenvalue weighted by Gasteiger charge is -2.02. The Balaban J connectivity index is 1.74. The van der Waals surface area contributed by atoms with Crippen LogP contribution in [-0.4, -0.2) is 15.6 Å². The van der Waals surface area contributed by atoms with Crippen molar-refractivity contribution in [2.75, 3.05) is 5.43 Å². The van der Waals surface area contributed by atoms with E-state index in [0.717, 1.165) is 28.3 Å². The van der Waals surface area contributed by atoms with Gasteiger partial charge in [0.05, 0.1) is 22.4 Å². The molecule has 0 atom stereocenters. The van der Waals surface area contributed by atoms with Crippen molar-refractivity contribution in [1.29, 1.82) is 0 Å². The number of rotatable bonds is 4. The van der Waals surface area contributed by atoms with Crippen LogP contribution in [0.5, 0.6) is 0 Å². The van der Waals surface area contributed by atoms with E-state index in [1.807, 2.05) is 83.4 Å². The van der Waals surface area contributed by atoms with Crippen LogP contribution in [0.1, 0.15) is 5.69 Å². The van der Waals surface area contributed by atoms with E-state index in [1.165, 1.54) is 0 Å². The van der Waals surface area contributed by atoms with Crippen molar-refractivity contribution in [2.24, 2.45) is 5.10 Å². The number of nitrogens with one attached hydrogen (secondary N) is 1. The van der Waals surface area contributed by atoms with E-state index in [2.05, 4.69) is 10.5 Å². The number of benzene rings is 2. The maximum absolute atomic E-state index is 6.35. The molecule has 0 aliphatic heterocycles. The van der Waals surface area contributed by atoms with E-state index in [4.69, 9.17) is 16.6 Å². The highest BCUT2D eigenvalue weighted by Gasteiger charge is 2.13. The molecule has 0 bridgehead atoms. The molecule has 0 saturated carbocycles. The predicted octanol–water partition coefficient (Wildman–Crippen LogP) is 5.10. The van der Waals surface area contributed by atoms with Crippen LogP contribution in [0.15, 0.2) is 84.1 Å². The summed E-state index contributed by atoms with van der Waals surface area (Å²) < 4.78 is 2.02. The van der Waals surface area contributed by atoms with Crippen LogP contribution < -0.4 is 5.43 Å². The van der Waals surface area contributed by atoms with Crippen LogP contribution in [0.25, 0.3) is 16.9 Å². The molecule has 2 heterocycles. The number of aromatic nitrogens is 2. The maximum Gasteiger partial charge on any atom is 0.146 e. The number of fused-ring (bicyclic) bond motifs is 1. The number of imidazole rings is 1. The Morgan fingerprint density at radius 3 is 2.52 bits per heavy atom. The van der Waals surface area contributed by atoms with Crippen LogP contribution >= 0.6 is 11.6 Å². The van der Waals surface area contributed by atoms with Gasteiger partial charge in [-0.3, -0.25) is 9.83 Å². The van der Waals surface area contributed by atoms with Gasteiger partial charge in [0.15, 0.2) is 0 Å². The van der Waals surface area contributed by atoms with Gasteiger partial charge >= 0.3 is 0 Å². The molecule has 5 heteroatoms. The highest BCUT2D eigenvalue weighted by atomic mass is 35.5. The molecule has 0 saturated heterocycles. The zero-order valence-electron chi connectivity index (χ0n) is 13.3. The quantitative estimate of drug-likeness (QED) is 0.412. The Bertz CT molecular complexity index is 1040. The molecule has 1 N–H and O–H groups in total. The number of hydrazone groups is 1. The van der Waals surface area contributed by atoms with Crippen molar-refractivity contribution in [3.05, 3.63) is 89.7 Å². The molecular weight excluding hydrogens is 332 g/mol. The SMILES string of the molecule is Clc1ccccc1-c1nc(/C=N/Nc2ccccc2)c2ccccn12. The normalized spacial score (nSPS) is 11.2.